The van der Waals surface area contributed by atoms with Crippen molar-refractivity contribution in [2.45, 2.75) is 60.4 Å². The maximum atomic E-state index is 11.5. The molecular weight excluding hydrogens is 174 g/mol. The summed E-state index contributed by atoms with van der Waals surface area (Å²) >= 11 is 0. The molecule has 1 N–H and O–H groups in total. The molecule has 0 saturated heterocycles. The molecule has 0 fully saturated rings. The second-order valence-electron chi connectivity index (χ2n) is 5.53. The van der Waals surface area contributed by atoms with Crippen molar-refractivity contribution >= 4 is 5.91 Å². The van der Waals surface area contributed by atoms with Gasteiger partial charge >= 0.3 is 0 Å². The zero-order chi connectivity index (χ0) is 11.4. The Morgan fingerprint density at radius 3 is 2.07 bits per heavy atom. The zero-order valence-electron chi connectivity index (χ0n) is 10.5. The maximum Gasteiger partial charge on any atom is 0.222 e. The lowest BCUT2D eigenvalue weighted by molar-refractivity contribution is -0.124. The quantitative estimate of drug-likeness (QED) is 0.741. The predicted molar refractivity (Wildman–Crippen MR) is 61.1 cm³/mol. The second-order valence-corrected chi connectivity index (χ2v) is 5.53. The van der Waals surface area contributed by atoms with E-state index < -0.39 is 0 Å². The molecule has 1 unspecified atom stereocenters. The molecular formula is C12H25NO. The average molecular weight is 199 g/mol. The van der Waals surface area contributed by atoms with Crippen LogP contribution in [-0.4, -0.2) is 11.9 Å². The monoisotopic (exact) mass is 199 g/mol. The van der Waals surface area contributed by atoms with E-state index in [1.807, 2.05) is 13.8 Å². The molecule has 0 aliphatic rings. The lowest BCUT2D eigenvalue weighted by atomic mass is 9.87. The van der Waals surface area contributed by atoms with Crippen molar-refractivity contribution in [3.63, 3.8) is 0 Å². The first-order chi connectivity index (χ1) is 6.26. The van der Waals surface area contributed by atoms with Crippen molar-refractivity contribution in [3.8, 4) is 0 Å². The Hall–Kier alpha value is -0.530. The molecule has 0 aromatic carbocycles. The molecule has 0 rings (SSSR count). The third-order valence-corrected chi connectivity index (χ3v) is 2.22. The summed E-state index contributed by atoms with van der Waals surface area (Å²) in [6.45, 7) is 12.6. The summed E-state index contributed by atoms with van der Waals surface area (Å²) < 4.78 is 0. The molecule has 1 amide bonds. The minimum absolute atomic E-state index is 0.0871. The molecule has 2 nitrogen and oxygen atoms in total. The van der Waals surface area contributed by atoms with Crippen LogP contribution in [-0.2, 0) is 4.79 Å². The summed E-state index contributed by atoms with van der Waals surface area (Å²) in [5, 5.41) is 3.08. The molecule has 2 heteroatoms. The third-order valence-electron chi connectivity index (χ3n) is 2.22. The number of carbonyl (C=O) groups is 1. The highest BCUT2D eigenvalue weighted by Gasteiger charge is 2.19. The van der Waals surface area contributed by atoms with Crippen LogP contribution in [0.3, 0.4) is 0 Å². The molecule has 0 aliphatic carbocycles. The van der Waals surface area contributed by atoms with E-state index in [0.717, 1.165) is 12.8 Å². The van der Waals surface area contributed by atoms with Crippen molar-refractivity contribution < 1.29 is 4.79 Å². The standard InChI is InChI=1S/C12H25NO/c1-7-10(8-12(4,5)6)13-11(14)9(2)3/h9-10H,7-8H2,1-6H3,(H,13,14). The van der Waals surface area contributed by atoms with Gasteiger partial charge < -0.3 is 5.32 Å². The first-order valence-corrected chi connectivity index (χ1v) is 5.56. The first-order valence-electron chi connectivity index (χ1n) is 5.56. The molecule has 0 bridgehead atoms. The minimum atomic E-state index is 0.0871. The van der Waals surface area contributed by atoms with Crippen LogP contribution in [0.25, 0.3) is 0 Å². The van der Waals surface area contributed by atoms with Crippen molar-refractivity contribution in [2.24, 2.45) is 11.3 Å². The van der Waals surface area contributed by atoms with Crippen LogP contribution in [0.2, 0.25) is 0 Å². The van der Waals surface area contributed by atoms with Crippen molar-refractivity contribution in [1.82, 2.24) is 5.32 Å². The average Bonchev–Trinajstić information content (AvgIpc) is 2.00. The van der Waals surface area contributed by atoms with Gasteiger partial charge in [0.05, 0.1) is 0 Å². The molecule has 0 spiro atoms. The van der Waals surface area contributed by atoms with Gasteiger partial charge in [-0.2, -0.15) is 0 Å². The fourth-order valence-corrected chi connectivity index (χ4v) is 1.40. The SMILES string of the molecule is CCC(CC(C)(C)C)NC(=O)C(C)C. The van der Waals surface area contributed by atoms with Gasteiger partial charge in [-0.3, -0.25) is 4.79 Å². The van der Waals surface area contributed by atoms with Crippen LogP contribution >= 0.6 is 0 Å². The molecule has 1 atom stereocenters. The molecule has 0 heterocycles. The Morgan fingerprint density at radius 2 is 1.79 bits per heavy atom. The Kier molecular flexibility index (Phi) is 5.17. The number of hydrogen-bond acceptors (Lipinski definition) is 1. The molecule has 0 aromatic heterocycles. The van der Waals surface area contributed by atoms with Gasteiger partial charge in [0.2, 0.25) is 5.91 Å². The topological polar surface area (TPSA) is 29.1 Å². The summed E-state index contributed by atoms with van der Waals surface area (Å²) in [5.41, 5.74) is 0.283. The number of nitrogens with one attached hydrogen (secondary N) is 1. The van der Waals surface area contributed by atoms with Gasteiger partial charge in [-0.25, -0.2) is 0 Å². The fraction of sp³-hybridized carbons (Fsp3) is 0.917. The van der Waals surface area contributed by atoms with E-state index in [0.29, 0.717) is 6.04 Å². The number of rotatable bonds is 4. The van der Waals surface area contributed by atoms with E-state index in [9.17, 15) is 4.79 Å². The van der Waals surface area contributed by atoms with Crippen molar-refractivity contribution in [3.05, 3.63) is 0 Å². The largest absolute Gasteiger partial charge is 0.353 e. The fourth-order valence-electron chi connectivity index (χ4n) is 1.40. The summed E-state index contributed by atoms with van der Waals surface area (Å²) in [7, 11) is 0. The van der Waals surface area contributed by atoms with Gasteiger partial charge in [0.15, 0.2) is 0 Å². The highest BCUT2D eigenvalue weighted by molar-refractivity contribution is 5.78. The van der Waals surface area contributed by atoms with E-state index in [1.54, 1.807) is 0 Å². The highest BCUT2D eigenvalue weighted by Crippen LogP contribution is 2.22. The number of carbonyl (C=O) groups excluding carboxylic acids is 1. The highest BCUT2D eigenvalue weighted by atomic mass is 16.1. The first kappa shape index (κ1) is 13.5. The Balaban J connectivity index is 4.10. The molecule has 0 saturated carbocycles. The Labute approximate surface area is 88.5 Å². The second kappa shape index (κ2) is 5.38. The molecule has 0 radical (unpaired) electrons. The van der Waals surface area contributed by atoms with E-state index in [2.05, 4.69) is 33.0 Å². The van der Waals surface area contributed by atoms with E-state index in [-0.39, 0.29) is 17.2 Å². The number of amides is 1. The number of hydrogen-bond donors (Lipinski definition) is 1. The summed E-state index contributed by atoms with van der Waals surface area (Å²) in [4.78, 5) is 11.5. The summed E-state index contributed by atoms with van der Waals surface area (Å²) in [6, 6.07) is 0.324. The van der Waals surface area contributed by atoms with Crippen LogP contribution in [0.15, 0.2) is 0 Å². The van der Waals surface area contributed by atoms with Gasteiger partial charge in [-0.05, 0) is 18.3 Å². The normalized spacial score (nSPS) is 14.2. The lowest BCUT2D eigenvalue weighted by Gasteiger charge is -2.26. The molecule has 0 aliphatic heterocycles. The minimum Gasteiger partial charge on any atom is -0.353 e. The van der Waals surface area contributed by atoms with E-state index in [4.69, 9.17) is 0 Å². The Bertz CT molecular complexity index is 179. The third kappa shape index (κ3) is 6.01. The van der Waals surface area contributed by atoms with Crippen LogP contribution in [0.4, 0.5) is 0 Å². The van der Waals surface area contributed by atoms with Crippen LogP contribution in [0, 0.1) is 11.3 Å². The van der Waals surface area contributed by atoms with Gasteiger partial charge in [-0.1, -0.05) is 41.5 Å². The maximum absolute atomic E-state index is 11.5. The molecule has 0 aromatic rings. The van der Waals surface area contributed by atoms with Gasteiger partial charge in [0.25, 0.3) is 0 Å². The lowest BCUT2D eigenvalue weighted by Crippen LogP contribution is -2.39. The Morgan fingerprint density at radius 1 is 1.29 bits per heavy atom. The predicted octanol–water partition coefficient (Wildman–Crippen LogP) is 2.97. The van der Waals surface area contributed by atoms with Gasteiger partial charge in [-0.15, -0.1) is 0 Å². The molecule has 14 heavy (non-hydrogen) atoms. The van der Waals surface area contributed by atoms with E-state index >= 15 is 0 Å². The van der Waals surface area contributed by atoms with Crippen LogP contribution in [0.5, 0.6) is 0 Å². The van der Waals surface area contributed by atoms with Gasteiger partial charge in [0, 0.05) is 12.0 Å². The zero-order valence-corrected chi connectivity index (χ0v) is 10.5. The molecule has 84 valence electrons. The summed E-state index contributed by atoms with van der Waals surface area (Å²) in [6.07, 6.45) is 2.05. The summed E-state index contributed by atoms with van der Waals surface area (Å²) in [5.74, 6) is 0.255. The van der Waals surface area contributed by atoms with E-state index in [1.165, 1.54) is 0 Å². The van der Waals surface area contributed by atoms with Gasteiger partial charge in [0.1, 0.15) is 0 Å². The van der Waals surface area contributed by atoms with Crippen LogP contribution < -0.4 is 5.32 Å². The smallest absolute Gasteiger partial charge is 0.222 e. The van der Waals surface area contributed by atoms with Crippen molar-refractivity contribution in [1.29, 1.82) is 0 Å². The van der Waals surface area contributed by atoms with Crippen molar-refractivity contribution in [2.75, 3.05) is 0 Å². The van der Waals surface area contributed by atoms with Crippen LogP contribution in [0.1, 0.15) is 54.4 Å².